The Bertz CT molecular complexity index is 1190. The molecule has 4 fully saturated rings. The lowest BCUT2D eigenvalue weighted by atomic mass is 9.85. The van der Waals surface area contributed by atoms with Crippen molar-refractivity contribution in [3.63, 3.8) is 0 Å². The summed E-state index contributed by atoms with van der Waals surface area (Å²) in [5, 5.41) is 0. The van der Waals surface area contributed by atoms with Gasteiger partial charge < -0.3 is 37.9 Å². The van der Waals surface area contributed by atoms with Gasteiger partial charge in [-0.25, -0.2) is 19.2 Å². The maximum absolute atomic E-state index is 11.7. The molecule has 2 saturated heterocycles. The Morgan fingerprint density at radius 3 is 1.65 bits per heavy atom. The predicted molar refractivity (Wildman–Crippen MR) is 133 cm³/mol. The molecule has 0 aromatic rings. The van der Waals surface area contributed by atoms with Crippen molar-refractivity contribution in [1.29, 1.82) is 0 Å². The Balaban J connectivity index is 0.000000236. The van der Waals surface area contributed by atoms with Gasteiger partial charge in [0.05, 0.1) is 11.8 Å². The van der Waals surface area contributed by atoms with Crippen LogP contribution in [0.3, 0.4) is 0 Å². The highest BCUT2D eigenvalue weighted by Crippen LogP contribution is 2.45. The van der Waals surface area contributed by atoms with Gasteiger partial charge in [-0.3, -0.25) is 19.2 Å². The van der Waals surface area contributed by atoms with Crippen molar-refractivity contribution in [3.8, 4) is 0 Å². The second-order valence-corrected chi connectivity index (χ2v) is 9.98. The summed E-state index contributed by atoms with van der Waals surface area (Å²) in [5.74, 6) is -7.96. The van der Waals surface area contributed by atoms with E-state index in [4.69, 9.17) is 28.4 Å². The number of rotatable bonds is 12. The summed E-state index contributed by atoms with van der Waals surface area (Å²) >= 11 is 0. The van der Waals surface area contributed by atoms with Gasteiger partial charge >= 0.3 is 35.8 Å². The molecular formula is C27H30O16. The van der Waals surface area contributed by atoms with Crippen LogP contribution >= 0.6 is 0 Å². The normalized spacial score (nSPS) is 29.6. The summed E-state index contributed by atoms with van der Waals surface area (Å²) in [4.78, 5) is 89.9. The summed E-state index contributed by atoms with van der Waals surface area (Å²) in [6.07, 6.45) is 0.920. The van der Waals surface area contributed by atoms with Gasteiger partial charge in [0.25, 0.3) is 24.5 Å². The number of carbonyl (C=O) groups excluding carboxylic acids is 8. The average molecular weight is 611 g/mol. The molecule has 0 amide bonds. The fourth-order valence-electron chi connectivity index (χ4n) is 5.00. The molecule has 4 bridgehead atoms. The lowest BCUT2D eigenvalue weighted by Gasteiger charge is -2.35. The Labute approximate surface area is 244 Å². The zero-order valence-corrected chi connectivity index (χ0v) is 23.1. The molecule has 0 aromatic carbocycles. The maximum atomic E-state index is 11.7. The van der Waals surface area contributed by atoms with Crippen LogP contribution in [0.2, 0.25) is 0 Å². The molecule has 4 rings (SSSR count). The number of hydrogen-bond donors (Lipinski definition) is 0. The highest BCUT2D eigenvalue weighted by Gasteiger charge is 2.60. The van der Waals surface area contributed by atoms with E-state index in [0.717, 1.165) is 6.08 Å². The largest absolute Gasteiger partial charge is 0.452 e. The van der Waals surface area contributed by atoms with Crippen LogP contribution in [-0.4, -0.2) is 85.8 Å². The second kappa shape index (κ2) is 13.9. The SMILES string of the molecule is C=C(C)C(=O)OCC(=O)OC1CCC2CC1(OC=O)OC2=O.C=CC(=O)OCC(=O)OC1CCC2CC1(OC=O)OC2=O. The van der Waals surface area contributed by atoms with Crippen LogP contribution < -0.4 is 0 Å². The van der Waals surface area contributed by atoms with Crippen molar-refractivity contribution < 1.29 is 76.3 Å². The van der Waals surface area contributed by atoms with Crippen molar-refractivity contribution >= 4 is 48.8 Å². The molecule has 2 aliphatic carbocycles. The van der Waals surface area contributed by atoms with Crippen molar-refractivity contribution in [1.82, 2.24) is 0 Å². The van der Waals surface area contributed by atoms with Crippen molar-refractivity contribution in [2.45, 2.75) is 69.2 Å². The standard InChI is InChI=1S/C14H16O8.C13H14O8/c1-8(2)12(17)19-6-11(16)21-10-4-3-9-5-14(10,20-7-15)22-13(9)18;1-2-10(15)18-6-11(16)20-9-4-3-8-5-13(9,19-7-14)21-12(8)17/h7,9-10H,1,3-6H2,2H3;2,7-9H,1,3-6H2. The molecule has 6 atom stereocenters. The van der Waals surface area contributed by atoms with Crippen molar-refractivity contribution in [2.75, 3.05) is 13.2 Å². The summed E-state index contributed by atoms with van der Waals surface area (Å²) in [7, 11) is 0. The number of carbonyl (C=O) groups is 8. The van der Waals surface area contributed by atoms with Gasteiger partial charge in [-0.05, 0) is 32.6 Å². The van der Waals surface area contributed by atoms with Gasteiger partial charge in [0, 0.05) is 24.5 Å². The Kier molecular flexibility index (Phi) is 10.6. The van der Waals surface area contributed by atoms with Gasteiger partial charge in [-0.15, -0.1) is 0 Å². The van der Waals surface area contributed by atoms with Crippen LogP contribution in [0.15, 0.2) is 24.8 Å². The van der Waals surface area contributed by atoms with Crippen LogP contribution in [-0.2, 0) is 76.3 Å². The molecule has 16 nitrogen and oxygen atoms in total. The van der Waals surface area contributed by atoms with E-state index >= 15 is 0 Å². The number of hydrogen-bond acceptors (Lipinski definition) is 16. The monoisotopic (exact) mass is 610 g/mol. The lowest BCUT2D eigenvalue weighted by Crippen LogP contribution is -2.49. The third-order valence-corrected chi connectivity index (χ3v) is 7.02. The van der Waals surface area contributed by atoms with E-state index in [0.29, 0.717) is 25.7 Å². The van der Waals surface area contributed by atoms with E-state index < -0.39 is 72.8 Å². The smallest absolute Gasteiger partial charge is 0.344 e. The van der Waals surface area contributed by atoms with Crippen molar-refractivity contribution in [3.05, 3.63) is 24.8 Å². The van der Waals surface area contributed by atoms with E-state index in [1.165, 1.54) is 6.92 Å². The molecule has 0 spiro atoms. The van der Waals surface area contributed by atoms with Gasteiger partial charge in [-0.1, -0.05) is 13.2 Å². The summed E-state index contributed by atoms with van der Waals surface area (Å²) in [5.41, 5.74) is 0.152. The van der Waals surface area contributed by atoms with Crippen LogP contribution in [0.5, 0.6) is 0 Å². The van der Waals surface area contributed by atoms with Crippen LogP contribution in [0, 0.1) is 11.8 Å². The minimum atomic E-state index is -1.57. The fourth-order valence-corrected chi connectivity index (χ4v) is 5.00. The summed E-state index contributed by atoms with van der Waals surface area (Å²) < 4.78 is 39.4. The molecule has 0 radical (unpaired) electrons. The van der Waals surface area contributed by atoms with Gasteiger partial charge in [0.15, 0.2) is 25.4 Å². The fraction of sp³-hybridized carbons (Fsp3) is 0.556. The van der Waals surface area contributed by atoms with E-state index in [2.05, 4.69) is 22.6 Å². The number of ether oxygens (including phenoxy) is 8. The Morgan fingerprint density at radius 2 is 1.26 bits per heavy atom. The lowest BCUT2D eigenvalue weighted by molar-refractivity contribution is -0.249. The third-order valence-electron chi connectivity index (χ3n) is 7.02. The number of esters is 6. The summed E-state index contributed by atoms with van der Waals surface area (Å²) in [6, 6.07) is 0. The highest BCUT2D eigenvalue weighted by molar-refractivity contribution is 5.88. The van der Waals surface area contributed by atoms with E-state index in [1.807, 2.05) is 0 Å². The first-order valence-corrected chi connectivity index (χ1v) is 13.1. The first kappa shape index (κ1) is 32.8. The first-order valence-electron chi connectivity index (χ1n) is 13.1. The second-order valence-electron chi connectivity index (χ2n) is 9.98. The van der Waals surface area contributed by atoms with Gasteiger partial charge in [-0.2, -0.15) is 0 Å². The molecule has 0 N–H and O–H groups in total. The maximum Gasteiger partial charge on any atom is 0.344 e. The average Bonchev–Trinajstić information content (AvgIpc) is 3.38. The molecule has 2 heterocycles. The molecule has 6 unspecified atom stereocenters. The summed E-state index contributed by atoms with van der Waals surface area (Å²) in [6.45, 7) is 7.12. The quantitative estimate of drug-likeness (QED) is 0.124. The van der Waals surface area contributed by atoms with Gasteiger partial charge in [0.2, 0.25) is 0 Å². The highest BCUT2D eigenvalue weighted by atomic mass is 16.8. The molecule has 234 valence electrons. The van der Waals surface area contributed by atoms with Crippen LogP contribution in [0.1, 0.15) is 45.4 Å². The molecule has 2 aliphatic heterocycles. The number of fused-ring (bicyclic) bond motifs is 4. The molecule has 0 aromatic heterocycles. The van der Waals surface area contributed by atoms with Crippen molar-refractivity contribution in [2.24, 2.45) is 11.8 Å². The first-order chi connectivity index (χ1) is 20.4. The minimum absolute atomic E-state index is 0.147. The van der Waals surface area contributed by atoms with Gasteiger partial charge in [0.1, 0.15) is 0 Å². The zero-order valence-electron chi connectivity index (χ0n) is 23.1. The van der Waals surface area contributed by atoms with Crippen LogP contribution in [0.4, 0.5) is 0 Å². The minimum Gasteiger partial charge on any atom is -0.452 e. The molecule has 43 heavy (non-hydrogen) atoms. The molecular weight excluding hydrogens is 580 g/mol. The van der Waals surface area contributed by atoms with E-state index in [-0.39, 0.29) is 43.2 Å². The Hall–Kier alpha value is -4.76. The van der Waals surface area contributed by atoms with Crippen LogP contribution in [0.25, 0.3) is 0 Å². The predicted octanol–water partition coefficient (Wildman–Crippen LogP) is 0.0973. The third kappa shape index (κ3) is 7.75. The Morgan fingerprint density at radius 1 is 0.814 bits per heavy atom. The topological polar surface area (TPSA) is 210 Å². The van der Waals surface area contributed by atoms with E-state index in [1.54, 1.807) is 0 Å². The molecule has 16 heteroatoms. The van der Waals surface area contributed by atoms with E-state index in [9.17, 15) is 38.4 Å². The molecule has 2 saturated carbocycles. The molecule has 4 aliphatic rings. The zero-order chi connectivity index (χ0) is 31.8.